The van der Waals surface area contributed by atoms with E-state index in [1.807, 2.05) is 24.3 Å². The zero-order valence-electron chi connectivity index (χ0n) is 10.9. The Balaban J connectivity index is 1.87. The first-order valence-corrected chi connectivity index (χ1v) is 6.99. The SMILES string of the molecule is NC(=O)C1CCN(c2nc3ccccc3nc2Cl)CC1. The molecule has 104 valence electrons. The highest BCUT2D eigenvalue weighted by Crippen LogP contribution is 2.28. The molecule has 5 nitrogen and oxygen atoms in total. The largest absolute Gasteiger partial charge is 0.369 e. The van der Waals surface area contributed by atoms with Gasteiger partial charge in [0.1, 0.15) is 0 Å². The molecule has 0 radical (unpaired) electrons. The first-order valence-electron chi connectivity index (χ1n) is 6.61. The molecule has 6 heteroatoms. The van der Waals surface area contributed by atoms with Crippen molar-refractivity contribution in [1.82, 2.24) is 9.97 Å². The molecular formula is C14H15ClN4O. The number of carbonyl (C=O) groups excluding carboxylic acids is 1. The number of fused-ring (bicyclic) bond motifs is 1. The van der Waals surface area contributed by atoms with Gasteiger partial charge in [-0.3, -0.25) is 4.79 Å². The monoisotopic (exact) mass is 290 g/mol. The molecule has 1 fully saturated rings. The van der Waals surface area contributed by atoms with Gasteiger partial charge in [0.05, 0.1) is 11.0 Å². The fraction of sp³-hybridized carbons (Fsp3) is 0.357. The van der Waals surface area contributed by atoms with E-state index in [4.69, 9.17) is 17.3 Å². The number of para-hydroxylation sites is 2. The number of piperidine rings is 1. The molecule has 1 aliphatic rings. The van der Waals surface area contributed by atoms with Crippen molar-refractivity contribution in [3.8, 4) is 0 Å². The van der Waals surface area contributed by atoms with Crippen LogP contribution in [-0.4, -0.2) is 29.0 Å². The quantitative estimate of drug-likeness (QED) is 0.918. The van der Waals surface area contributed by atoms with Gasteiger partial charge in [-0.1, -0.05) is 23.7 Å². The standard InChI is InChI=1S/C14H15ClN4O/c15-12-14(18-11-4-2-1-3-10(11)17-12)19-7-5-9(6-8-19)13(16)20/h1-4,9H,5-8H2,(H2,16,20). The van der Waals surface area contributed by atoms with Crippen LogP contribution >= 0.6 is 11.6 Å². The van der Waals surface area contributed by atoms with Crippen LogP contribution in [0.3, 0.4) is 0 Å². The van der Waals surface area contributed by atoms with Crippen molar-refractivity contribution in [2.75, 3.05) is 18.0 Å². The predicted molar refractivity (Wildman–Crippen MR) is 78.7 cm³/mol. The molecule has 0 spiro atoms. The van der Waals surface area contributed by atoms with Gasteiger partial charge in [0.25, 0.3) is 0 Å². The van der Waals surface area contributed by atoms with E-state index in [1.165, 1.54) is 0 Å². The molecule has 2 heterocycles. The summed E-state index contributed by atoms with van der Waals surface area (Å²) in [7, 11) is 0. The van der Waals surface area contributed by atoms with Crippen molar-refractivity contribution in [2.45, 2.75) is 12.8 Å². The van der Waals surface area contributed by atoms with Gasteiger partial charge in [0.15, 0.2) is 11.0 Å². The number of anilines is 1. The van der Waals surface area contributed by atoms with E-state index in [-0.39, 0.29) is 11.8 Å². The summed E-state index contributed by atoms with van der Waals surface area (Å²) >= 11 is 6.23. The van der Waals surface area contributed by atoms with Gasteiger partial charge < -0.3 is 10.6 Å². The molecule has 0 bridgehead atoms. The Morgan fingerprint density at radius 3 is 2.40 bits per heavy atom. The number of nitrogens with two attached hydrogens (primary N) is 1. The summed E-state index contributed by atoms with van der Waals surface area (Å²) < 4.78 is 0. The summed E-state index contributed by atoms with van der Waals surface area (Å²) in [5.74, 6) is 0.423. The summed E-state index contributed by atoms with van der Waals surface area (Å²) in [6.45, 7) is 1.45. The molecule has 1 saturated heterocycles. The molecule has 2 N–H and O–H groups in total. The molecular weight excluding hydrogens is 276 g/mol. The van der Waals surface area contributed by atoms with Crippen molar-refractivity contribution in [2.24, 2.45) is 11.7 Å². The number of primary amides is 1. The molecule has 2 aromatic rings. The first-order chi connectivity index (χ1) is 9.65. The number of aromatic nitrogens is 2. The molecule has 0 unspecified atom stereocenters. The summed E-state index contributed by atoms with van der Waals surface area (Å²) in [5, 5.41) is 0.404. The van der Waals surface area contributed by atoms with E-state index >= 15 is 0 Å². The van der Waals surface area contributed by atoms with E-state index in [2.05, 4.69) is 14.9 Å². The molecule has 0 aliphatic carbocycles. The van der Waals surface area contributed by atoms with Crippen molar-refractivity contribution < 1.29 is 4.79 Å². The van der Waals surface area contributed by atoms with Crippen LogP contribution in [0.4, 0.5) is 5.82 Å². The maximum atomic E-state index is 11.2. The second kappa shape index (κ2) is 5.25. The van der Waals surface area contributed by atoms with Crippen molar-refractivity contribution in [3.63, 3.8) is 0 Å². The van der Waals surface area contributed by atoms with Crippen LogP contribution in [0.15, 0.2) is 24.3 Å². The Kier molecular flexibility index (Phi) is 3.44. The summed E-state index contributed by atoms with van der Waals surface area (Å²) in [6.07, 6.45) is 1.47. The number of hydrogen-bond acceptors (Lipinski definition) is 4. The predicted octanol–water partition coefficient (Wildman–Crippen LogP) is 1.98. The lowest BCUT2D eigenvalue weighted by Gasteiger charge is -2.31. The van der Waals surface area contributed by atoms with Crippen LogP contribution in [-0.2, 0) is 4.79 Å². The molecule has 1 amide bonds. The van der Waals surface area contributed by atoms with Gasteiger partial charge in [0, 0.05) is 19.0 Å². The summed E-state index contributed by atoms with van der Waals surface area (Å²) in [6, 6.07) is 7.63. The Hall–Kier alpha value is -1.88. The van der Waals surface area contributed by atoms with Gasteiger partial charge in [0.2, 0.25) is 5.91 Å². The third kappa shape index (κ3) is 2.41. The number of amides is 1. The topological polar surface area (TPSA) is 72.1 Å². The van der Waals surface area contributed by atoms with Crippen LogP contribution in [0.2, 0.25) is 5.15 Å². The van der Waals surface area contributed by atoms with Crippen LogP contribution in [0.1, 0.15) is 12.8 Å². The molecule has 1 aromatic carbocycles. The van der Waals surface area contributed by atoms with Crippen LogP contribution in [0, 0.1) is 5.92 Å². The second-order valence-electron chi connectivity index (χ2n) is 4.99. The zero-order valence-corrected chi connectivity index (χ0v) is 11.7. The average molecular weight is 291 g/mol. The number of hydrogen-bond donors (Lipinski definition) is 1. The number of rotatable bonds is 2. The minimum absolute atomic E-state index is 0.0431. The zero-order chi connectivity index (χ0) is 14.1. The van der Waals surface area contributed by atoms with Gasteiger partial charge in [-0.15, -0.1) is 0 Å². The van der Waals surface area contributed by atoms with Crippen molar-refractivity contribution in [3.05, 3.63) is 29.4 Å². The van der Waals surface area contributed by atoms with E-state index in [1.54, 1.807) is 0 Å². The maximum absolute atomic E-state index is 11.2. The molecule has 20 heavy (non-hydrogen) atoms. The number of nitrogens with zero attached hydrogens (tertiary/aromatic N) is 3. The third-order valence-electron chi connectivity index (χ3n) is 3.71. The number of carbonyl (C=O) groups is 1. The molecule has 3 rings (SSSR count). The van der Waals surface area contributed by atoms with Crippen LogP contribution in [0.5, 0.6) is 0 Å². The lowest BCUT2D eigenvalue weighted by molar-refractivity contribution is -0.122. The third-order valence-corrected chi connectivity index (χ3v) is 3.96. The summed E-state index contributed by atoms with van der Waals surface area (Å²) in [5.41, 5.74) is 6.95. The Labute approximate surface area is 121 Å². The van der Waals surface area contributed by atoms with Crippen molar-refractivity contribution in [1.29, 1.82) is 0 Å². The lowest BCUT2D eigenvalue weighted by Crippen LogP contribution is -2.39. The van der Waals surface area contributed by atoms with Gasteiger partial charge in [-0.25, -0.2) is 9.97 Å². The highest BCUT2D eigenvalue weighted by Gasteiger charge is 2.25. The molecule has 1 aliphatic heterocycles. The maximum Gasteiger partial charge on any atom is 0.220 e. The van der Waals surface area contributed by atoms with Gasteiger partial charge in [-0.05, 0) is 25.0 Å². The lowest BCUT2D eigenvalue weighted by atomic mass is 9.96. The summed E-state index contributed by atoms with van der Waals surface area (Å²) in [4.78, 5) is 22.2. The molecule has 0 atom stereocenters. The van der Waals surface area contributed by atoms with E-state index in [9.17, 15) is 4.79 Å². The van der Waals surface area contributed by atoms with E-state index in [0.29, 0.717) is 11.0 Å². The highest BCUT2D eigenvalue weighted by atomic mass is 35.5. The Morgan fingerprint density at radius 1 is 1.20 bits per heavy atom. The van der Waals surface area contributed by atoms with Crippen LogP contribution in [0.25, 0.3) is 11.0 Å². The smallest absolute Gasteiger partial charge is 0.220 e. The van der Waals surface area contributed by atoms with E-state index in [0.717, 1.165) is 37.0 Å². The normalized spacial score (nSPS) is 16.6. The second-order valence-corrected chi connectivity index (χ2v) is 5.35. The highest BCUT2D eigenvalue weighted by molar-refractivity contribution is 6.32. The fourth-order valence-electron chi connectivity index (χ4n) is 2.55. The van der Waals surface area contributed by atoms with Gasteiger partial charge in [-0.2, -0.15) is 0 Å². The molecule has 1 aromatic heterocycles. The minimum atomic E-state index is -0.222. The Morgan fingerprint density at radius 2 is 1.80 bits per heavy atom. The number of benzene rings is 1. The minimum Gasteiger partial charge on any atom is -0.369 e. The van der Waals surface area contributed by atoms with Crippen LogP contribution < -0.4 is 10.6 Å². The van der Waals surface area contributed by atoms with E-state index < -0.39 is 0 Å². The average Bonchev–Trinajstić information content (AvgIpc) is 2.46. The first kappa shape index (κ1) is 13.1. The Bertz CT molecular complexity index is 653. The van der Waals surface area contributed by atoms with Gasteiger partial charge >= 0.3 is 0 Å². The fourth-order valence-corrected chi connectivity index (χ4v) is 2.80. The number of halogens is 1. The molecule has 0 saturated carbocycles. The van der Waals surface area contributed by atoms with Crippen molar-refractivity contribution >= 4 is 34.4 Å².